The Balaban J connectivity index is 0.000000139. The van der Waals surface area contributed by atoms with Crippen molar-refractivity contribution in [2.75, 3.05) is 0 Å². The Bertz CT molecular complexity index is 6210. The average Bonchev–Trinajstić information content (AvgIpc) is 1.60. The Labute approximate surface area is 578 Å². The fourth-order valence-corrected chi connectivity index (χ4v) is 15.3. The number of nitrogens with zero attached hydrogens (tertiary/aromatic N) is 6. The van der Waals surface area contributed by atoms with Gasteiger partial charge in [-0.3, -0.25) is 9.97 Å². The summed E-state index contributed by atoms with van der Waals surface area (Å²) in [4.78, 5) is 9.01. The van der Waals surface area contributed by atoms with Crippen LogP contribution in [0.3, 0.4) is 0 Å². The fraction of sp³-hybridized carbons (Fsp3) is 0. The highest BCUT2D eigenvalue weighted by molar-refractivity contribution is 6.15. The molecule has 14 aromatic carbocycles. The third-order valence-corrected chi connectivity index (χ3v) is 20.0. The van der Waals surface area contributed by atoms with Crippen LogP contribution in [0.15, 0.2) is 377 Å². The predicted molar refractivity (Wildman–Crippen MR) is 418 cm³/mol. The third-order valence-electron chi connectivity index (χ3n) is 20.0. The van der Waals surface area contributed by atoms with Crippen molar-refractivity contribution < 1.29 is 0 Å². The van der Waals surface area contributed by atoms with Crippen LogP contribution in [0.4, 0.5) is 0 Å². The molecule has 468 valence electrons. The van der Waals surface area contributed by atoms with Crippen LogP contribution in [-0.4, -0.2) is 28.2 Å². The molecule has 6 heteroatoms. The van der Waals surface area contributed by atoms with Crippen molar-refractivity contribution in [2.24, 2.45) is 0 Å². The van der Waals surface area contributed by atoms with E-state index < -0.39 is 0 Å². The second-order valence-corrected chi connectivity index (χ2v) is 25.8. The summed E-state index contributed by atoms with van der Waals surface area (Å²) in [6, 6.07) is 127. The molecule has 0 N–H and O–H groups in total. The van der Waals surface area contributed by atoms with Crippen LogP contribution in [0.25, 0.3) is 177 Å². The lowest BCUT2D eigenvalue weighted by molar-refractivity contribution is 1.17. The maximum absolute atomic E-state index is 4.53. The van der Waals surface area contributed by atoms with E-state index in [2.05, 4.69) is 380 Å². The standard InChI is InChI=1S/2C47H31N3/c1-4-12-32(13-5-1)36-26-37(33-14-6-2-7-15-33)28-39(27-36)50-44-19-11-10-18-40(44)42-29-34(21-23-46(42)50)35-20-22-45-43(30-35)41-24-25-48-31-47(41)49(45)38-16-8-3-9-17-38;1-3-9-32(10-4-1)34-15-21-38(22-16-34)49-44-14-8-7-13-40(44)42-29-36(19-25-45(42)49)37-20-26-46-43(30-37)41-27-28-48-31-47(41)50(46)39-23-17-35(18-24-39)33-11-5-2-6-12-33/h2*1-31H. The van der Waals surface area contributed by atoms with Crippen LogP contribution in [-0.2, 0) is 0 Å². The fourth-order valence-electron chi connectivity index (χ4n) is 15.3. The van der Waals surface area contributed by atoms with Crippen LogP contribution in [0.2, 0.25) is 0 Å². The first-order chi connectivity index (χ1) is 49.6. The van der Waals surface area contributed by atoms with E-state index in [0.717, 1.165) is 33.8 Å². The summed E-state index contributed by atoms with van der Waals surface area (Å²) in [7, 11) is 0. The van der Waals surface area contributed by atoms with Crippen molar-refractivity contribution in [3.8, 4) is 89.5 Å². The predicted octanol–water partition coefficient (Wildman–Crippen LogP) is 24.6. The summed E-state index contributed by atoms with van der Waals surface area (Å²) < 4.78 is 9.45. The smallest absolute Gasteiger partial charge is 0.0724 e. The molecule has 100 heavy (non-hydrogen) atoms. The molecule has 0 spiro atoms. The first kappa shape index (κ1) is 58.0. The number of fused-ring (bicyclic) bond motifs is 12. The minimum atomic E-state index is 1.10. The molecule has 20 rings (SSSR count). The first-order valence-corrected chi connectivity index (χ1v) is 34.1. The number of hydrogen-bond acceptors (Lipinski definition) is 2. The molecule has 0 aliphatic carbocycles. The van der Waals surface area contributed by atoms with Gasteiger partial charge in [0.25, 0.3) is 0 Å². The van der Waals surface area contributed by atoms with E-state index in [9.17, 15) is 0 Å². The maximum atomic E-state index is 4.53. The number of benzene rings is 14. The van der Waals surface area contributed by atoms with E-state index in [1.54, 1.807) is 0 Å². The van der Waals surface area contributed by atoms with Gasteiger partial charge in [0.15, 0.2) is 0 Å². The van der Waals surface area contributed by atoms with E-state index in [1.165, 1.54) is 143 Å². The van der Waals surface area contributed by atoms with Crippen LogP contribution in [0.1, 0.15) is 0 Å². The summed E-state index contributed by atoms with van der Waals surface area (Å²) in [6.07, 6.45) is 7.73. The maximum Gasteiger partial charge on any atom is 0.0724 e. The molecular formula is C94H62N6. The van der Waals surface area contributed by atoms with Crippen LogP contribution >= 0.6 is 0 Å². The molecular weight excluding hydrogens is 1210 g/mol. The summed E-state index contributed by atoms with van der Waals surface area (Å²) in [5, 5.41) is 9.80. The zero-order chi connectivity index (χ0) is 66.0. The van der Waals surface area contributed by atoms with Crippen molar-refractivity contribution in [3.63, 3.8) is 0 Å². The van der Waals surface area contributed by atoms with E-state index in [1.807, 2.05) is 24.8 Å². The van der Waals surface area contributed by atoms with Crippen molar-refractivity contribution in [2.45, 2.75) is 0 Å². The van der Waals surface area contributed by atoms with Gasteiger partial charge in [-0.05, 0) is 194 Å². The Kier molecular flexibility index (Phi) is 14.1. The average molecular weight is 1280 g/mol. The van der Waals surface area contributed by atoms with Gasteiger partial charge in [-0.15, -0.1) is 0 Å². The lowest BCUT2D eigenvalue weighted by atomic mass is 9.98. The van der Waals surface area contributed by atoms with Gasteiger partial charge in [0.1, 0.15) is 0 Å². The van der Waals surface area contributed by atoms with Gasteiger partial charge >= 0.3 is 0 Å². The lowest BCUT2D eigenvalue weighted by Gasteiger charge is -2.14. The van der Waals surface area contributed by atoms with Gasteiger partial charge < -0.3 is 18.3 Å². The van der Waals surface area contributed by atoms with E-state index in [0.29, 0.717) is 0 Å². The molecule has 6 heterocycles. The second-order valence-electron chi connectivity index (χ2n) is 25.8. The van der Waals surface area contributed by atoms with Gasteiger partial charge in [0.2, 0.25) is 0 Å². The van der Waals surface area contributed by atoms with E-state index in [4.69, 9.17) is 0 Å². The molecule has 20 aromatic rings. The highest BCUT2D eigenvalue weighted by Crippen LogP contribution is 2.43. The first-order valence-electron chi connectivity index (χ1n) is 34.1. The summed E-state index contributed by atoms with van der Waals surface area (Å²) in [6.45, 7) is 0. The van der Waals surface area contributed by atoms with Crippen molar-refractivity contribution in [1.29, 1.82) is 0 Å². The number of rotatable bonds is 10. The topological polar surface area (TPSA) is 45.5 Å². The minimum Gasteiger partial charge on any atom is -0.309 e. The van der Waals surface area contributed by atoms with Gasteiger partial charge in [-0.2, -0.15) is 0 Å². The van der Waals surface area contributed by atoms with Crippen molar-refractivity contribution >= 4 is 87.2 Å². The molecule has 0 atom stereocenters. The van der Waals surface area contributed by atoms with Crippen LogP contribution < -0.4 is 0 Å². The quantitative estimate of drug-likeness (QED) is 0.137. The summed E-state index contributed by atoms with van der Waals surface area (Å²) >= 11 is 0. The SMILES string of the molecule is c1ccc(-c2cc(-c3ccccc3)cc(-n3c4ccccc4c4cc(-c5ccc6c(c5)c5ccncc5n6-c5ccccc5)ccc43)c2)cc1.c1ccc(-c2ccc(-n3c4ccccc4c4cc(-c5ccc6c(c5)c5ccncc5n6-c5ccc(-c6ccccc6)cc5)ccc43)cc2)cc1. The van der Waals surface area contributed by atoms with Crippen molar-refractivity contribution in [1.82, 2.24) is 28.2 Å². The second kappa shape index (κ2) is 24.3. The number of pyridine rings is 2. The van der Waals surface area contributed by atoms with Gasteiger partial charge in [-0.25, -0.2) is 0 Å². The molecule has 0 aliphatic rings. The Morgan fingerprint density at radius 3 is 0.780 bits per heavy atom. The molecule has 0 aliphatic heterocycles. The Morgan fingerprint density at radius 1 is 0.150 bits per heavy atom. The minimum absolute atomic E-state index is 1.10. The molecule has 6 aromatic heterocycles. The zero-order valence-corrected chi connectivity index (χ0v) is 54.5. The molecule has 0 amide bonds. The van der Waals surface area contributed by atoms with E-state index >= 15 is 0 Å². The van der Waals surface area contributed by atoms with Gasteiger partial charge in [0.05, 0.1) is 56.5 Å². The van der Waals surface area contributed by atoms with Crippen LogP contribution in [0, 0.1) is 0 Å². The number of hydrogen-bond donors (Lipinski definition) is 0. The Morgan fingerprint density at radius 2 is 0.410 bits per heavy atom. The summed E-state index contributed by atoms with van der Waals surface area (Å²) in [5.74, 6) is 0. The van der Waals surface area contributed by atoms with Crippen molar-refractivity contribution in [3.05, 3.63) is 377 Å². The monoisotopic (exact) mass is 1270 g/mol. The molecule has 0 radical (unpaired) electrons. The molecule has 0 fully saturated rings. The zero-order valence-electron chi connectivity index (χ0n) is 54.5. The third kappa shape index (κ3) is 10.0. The Hall–Kier alpha value is -13.4. The lowest BCUT2D eigenvalue weighted by Crippen LogP contribution is -1.96. The largest absolute Gasteiger partial charge is 0.309 e. The molecule has 0 unspecified atom stereocenters. The summed E-state index contributed by atoms with van der Waals surface area (Å²) in [5.41, 5.74) is 28.3. The number of aromatic nitrogens is 6. The molecule has 0 saturated heterocycles. The molecule has 0 bridgehead atoms. The van der Waals surface area contributed by atoms with E-state index in [-0.39, 0.29) is 0 Å². The molecule has 6 nitrogen and oxygen atoms in total. The number of para-hydroxylation sites is 3. The highest BCUT2D eigenvalue weighted by atomic mass is 15.0. The normalized spacial score (nSPS) is 11.6. The van der Waals surface area contributed by atoms with Crippen LogP contribution in [0.5, 0.6) is 0 Å². The highest BCUT2D eigenvalue weighted by Gasteiger charge is 2.20. The van der Waals surface area contributed by atoms with Gasteiger partial charge in [0, 0.05) is 78.2 Å². The van der Waals surface area contributed by atoms with Gasteiger partial charge in [-0.1, -0.05) is 224 Å². The molecule has 0 saturated carbocycles.